The van der Waals surface area contributed by atoms with Gasteiger partial charge in [-0.3, -0.25) is 0 Å². The van der Waals surface area contributed by atoms with Crippen LogP contribution in [0.5, 0.6) is 5.75 Å². The summed E-state index contributed by atoms with van der Waals surface area (Å²) in [4.78, 5) is 12.0. The van der Waals surface area contributed by atoms with Crippen molar-refractivity contribution in [2.45, 2.75) is 45.2 Å². The lowest BCUT2D eigenvalue weighted by Gasteiger charge is -2.13. The largest absolute Gasteiger partial charge is 0.459 e. The maximum Gasteiger partial charge on any atom is 0.340 e. The molecule has 2 rings (SSSR count). The first-order valence-corrected chi connectivity index (χ1v) is 10.6. The van der Waals surface area contributed by atoms with E-state index < -0.39 is 16.1 Å². The van der Waals surface area contributed by atoms with Crippen LogP contribution in [0.15, 0.2) is 53.4 Å². The van der Waals surface area contributed by atoms with E-state index in [1.165, 1.54) is 18.2 Å². The normalized spacial score (nSPS) is 11.6. The Morgan fingerprint density at radius 3 is 2.25 bits per heavy atom. The van der Waals surface area contributed by atoms with E-state index in [2.05, 4.69) is 19.2 Å². The van der Waals surface area contributed by atoms with Gasteiger partial charge in [0, 0.05) is 6.54 Å². The van der Waals surface area contributed by atoms with Crippen molar-refractivity contribution >= 4 is 16.1 Å². The van der Waals surface area contributed by atoms with E-state index in [1.54, 1.807) is 44.2 Å². The molecule has 0 bridgehead atoms. The Bertz CT molecular complexity index is 889. The highest BCUT2D eigenvalue weighted by Crippen LogP contribution is 2.23. The first kappa shape index (κ1) is 21.9. The summed E-state index contributed by atoms with van der Waals surface area (Å²) in [6.45, 7) is 9.24. The van der Waals surface area contributed by atoms with Crippen molar-refractivity contribution in [1.29, 1.82) is 0 Å². The molecule has 2 aromatic carbocycles. The van der Waals surface area contributed by atoms with E-state index in [0.717, 1.165) is 12.1 Å². The molecule has 0 unspecified atom stereocenters. The molecule has 6 nitrogen and oxygen atoms in total. The molecule has 0 amide bonds. The fourth-order valence-electron chi connectivity index (χ4n) is 2.47. The fourth-order valence-corrected chi connectivity index (χ4v) is 3.59. The number of benzene rings is 2. The first-order chi connectivity index (χ1) is 13.2. The Morgan fingerprint density at radius 2 is 1.64 bits per heavy atom. The molecule has 28 heavy (non-hydrogen) atoms. The van der Waals surface area contributed by atoms with Crippen molar-refractivity contribution in [1.82, 2.24) is 5.32 Å². The molecule has 0 aromatic heterocycles. The SMILES string of the molecule is CC(C)CNCc1ccc(OS(=O)(=O)c2ccccc2C(=O)OC(C)C)cc1. The van der Waals surface area contributed by atoms with Gasteiger partial charge in [0.05, 0.1) is 11.7 Å². The van der Waals surface area contributed by atoms with Crippen LogP contribution >= 0.6 is 0 Å². The molecule has 0 aliphatic carbocycles. The number of carbonyl (C=O) groups excluding carboxylic acids is 1. The topological polar surface area (TPSA) is 81.7 Å². The lowest BCUT2D eigenvalue weighted by atomic mass is 10.2. The van der Waals surface area contributed by atoms with Crippen LogP contribution in [0.2, 0.25) is 0 Å². The molecule has 2 aromatic rings. The van der Waals surface area contributed by atoms with E-state index in [1.807, 2.05) is 0 Å². The zero-order valence-electron chi connectivity index (χ0n) is 16.6. The molecule has 0 spiro atoms. The summed E-state index contributed by atoms with van der Waals surface area (Å²) in [6, 6.07) is 12.6. The van der Waals surface area contributed by atoms with Crippen LogP contribution < -0.4 is 9.50 Å². The van der Waals surface area contributed by atoms with Gasteiger partial charge in [-0.25, -0.2) is 4.79 Å². The number of nitrogens with one attached hydrogen (secondary N) is 1. The third kappa shape index (κ3) is 6.35. The van der Waals surface area contributed by atoms with Crippen LogP contribution in [0.25, 0.3) is 0 Å². The lowest BCUT2D eigenvalue weighted by Crippen LogP contribution is -2.19. The maximum atomic E-state index is 12.7. The zero-order valence-corrected chi connectivity index (χ0v) is 17.5. The van der Waals surface area contributed by atoms with Crippen molar-refractivity contribution in [3.63, 3.8) is 0 Å². The summed E-state index contributed by atoms with van der Waals surface area (Å²) < 4.78 is 35.8. The Morgan fingerprint density at radius 1 is 1.00 bits per heavy atom. The monoisotopic (exact) mass is 405 g/mol. The molecule has 0 saturated carbocycles. The highest BCUT2D eigenvalue weighted by Gasteiger charge is 2.25. The highest BCUT2D eigenvalue weighted by atomic mass is 32.2. The summed E-state index contributed by atoms with van der Waals surface area (Å²) in [7, 11) is -4.18. The first-order valence-electron chi connectivity index (χ1n) is 9.23. The third-order valence-electron chi connectivity index (χ3n) is 3.73. The molecule has 0 radical (unpaired) electrons. The number of rotatable bonds is 9. The Balaban J connectivity index is 2.15. The van der Waals surface area contributed by atoms with Gasteiger partial charge in [-0.05, 0) is 56.1 Å². The number of esters is 1. The van der Waals surface area contributed by atoms with Crippen molar-refractivity contribution in [3.8, 4) is 5.75 Å². The van der Waals surface area contributed by atoms with Crippen LogP contribution in [0.1, 0.15) is 43.6 Å². The minimum absolute atomic E-state index is 0.0503. The van der Waals surface area contributed by atoms with E-state index in [-0.39, 0.29) is 22.3 Å². The number of hydrogen-bond acceptors (Lipinski definition) is 6. The second-order valence-electron chi connectivity index (χ2n) is 7.16. The van der Waals surface area contributed by atoms with Crippen molar-refractivity contribution in [2.75, 3.05) is 6.54 Å². The van der Waals surface area contributed by atoms with Crippen LogP contribution in [-0.4, -0.2) is 27.0 Å². The molecule has 0 aliphatic heterocycles. The standard InChI is InChI=1S/C21H27NO5S/c1-15(2)13-22-14-17-9-11-18(12-10-17)27-28(24,25)20-8-6-5-7-19(20)21(23)26-16(3)4/h5-12,15-16,22H,13-14H2,1-4H3. The van der Waals surface area contributed by atoms with Crippen molar-refractivity contribution in [3.05, 3.63) is 59.7 Å². The average molecular weight is 406 g/mol. The molecule has 0 fully saturated rings. The number of ether oxygens (including phenoxy) is 1. The smallest absolute Gasteiger partial charge is 0.340 e. The minimum atomic E-state index is -4.18. The quantitative estimate of drug-likeness (QED) is 0.505. The molecule has 0 aliphatic rings. The van der Waals surface area contributed by atoms with Gasteiger partial charge in [0.25, 0.3) is 0 Å². The Hall–Kier alpha value is -2.38. The second-order valence-corrected chi connectivity index (χ2v) is 8.67. The van der Waals surface area contributed by atoms with Gasteiger partial charge in [0.15, 0.2) is 0 Å². The lowest BCUT2D eigenvalue weighted by molar-refractivity contribution is 0.0373. The van der Waals surface area contributed by atoms with Crippen molar-refractivity contribution in [2.24, 2.45) is 5.92 Å². The average Bonchev–Trinajstić information content (AvgIpc) is 2.62. The van der Waals surface area contributed by atoms with Gasteiger partial charge < -0.3 is 14.2 Å². The molecule has 152 valence electrons. The van der Waals surface area contributed by atoms with Gasteiger partial charge in [-0.15, -0.1) is 0 Å². The van der Waals surface area contributed by atoms with Gasteiger partial charge in [-0.2, -0.15) is 8.42 Å². The van der Waals surface area contributed by atoms with Crippen LogP contribution in [0.4, 0.5) is 0 Å². The Labute approximate surface area is 167 Å². The molecular formula is C21H27NO5S. The van der Waals surface area contributed by atoms with E-state index in [9.17, 15) is 13.2 Å². The second kappa shape index (κ2) is 9.71. The van der Waals surface area contributed by atoms with Gasteiger partial charge in [-0.1, -0.05) is 38.1 Å². The van der Waals surface area contributed by atoms with Crippen molar-refractivity contribution < 1.29 is 22.1 Å². The maximum absolute atomic E-state index is 12.7. The molecular weight excluding hydrogens is 378 g/mol. The van der Waals surface area contributed by atoms with E-state index in [4.69, 9.17) is 8.92 Å². The number of hydrogen-bond donors (Lipinski definition) is 1. The molecule has 7 heteroatoms. The van der Waals surface area contributed by atoms with Gasteiger partial charge >= 0.3 is 16.1 Å². The molecule has 0 saturated heterocycles. The van der Waals surface area contributed by atoms with Gasteiger partial charge in [0.1, 0.15) is 10.6 Å². The predicted octanol–water partition coefficient (Wildman–Crippen LogP) is 3.77. The molecule has 0 heterocycles. The summed E-state index contributed by atoms with van der Waals surface area (Å²) >= 11 is 0. The Kier molecular flexibility index (Phi) is 7.60. The third-order valence-corrected chi connectivity index (χ3v) is 5.04. The predicted molar refractivity (Wildman–Crippen MR) is 108 cm³/mol. The summed E-state index contributed by atoms with van der Waals surface area (Å²) in [5, 5.41) is 3.32. The number of carbonyl (C=O) groups is 1. The fraction of sp³-hybridized carbons (Fsp3) is 0.381. The van der Waals surface area contributed by atoms with E-state index in [0.29, 0.717) is 12.5 Å². The summed E-state index contributed by atoms with van der Waals surface area (Å²) in [5.41, 5.74) is 0.969. The minimum Gasteiger partial charge on any atom is -0.459 e. The summed E-state index contributed by atoms with van der Waals surface area (Å²) in [6.07, 6.45) is -0.360. The van der Waals surface area contributed by atoms with Crippen LogP contribution in [0, 0.1) is 5.92 Å². The summed E-state index contributed by atoms with van der Waals surface area (Å²) in [5.74, 6) is 0.0270. The van der Waals surface area contributed by atoms with Gasteiger partial charge in [0.2, 0.25) is 0 Å². The van der Waals surface area contributed by atoms with Crippen LogP contribution in [-0.2, 0) is 21.4 Å². The highest BCUT2D eigenvalue weighted by molar-refractivity contribution is 7.87. The van der Waals surface area contributed by atoms with Crippen LogP contribution in [0.3, 0.4) is 0 Å². The van der Waals surface area contributed by atoms with E-state index >= 15 is 0 Å². The zero-order chi connectivity index (χ0) is 20.7. The molecule has 1 N–H and O–H groups in total. The molecule has 0 atom stereocenters.